The number of para-hydroxylation sites is 1. The molecule has 10 heteroatoms. The quantitative estimate of drug-likeness (QED) is 0.376. The molecular weight excluding hydrogens is 574 g/mol. The zero-order valence-electron chi connectivity index (χ0n) is 24.1. The predicted molar refractivity (Wildman–Crippen MR) is 162 cm³/mol. The van der Waals surface area contributed by atoms with E-state index in [1.54, 1.807) is 12.1 Å². The second-order valence-electron chi connectivity index (χ2n) is 11.6. The van der Waals surface area contributed by atoms with Gasteiger partial charge >= 0.3 is 6.29 Å². The van der Waals surface area contributed by atoms with Crippen LogP contribution in [0.25, 0.3) is 11.1 Å². The average molecular weight is 611 g/mol. The normalized spacial score (nSPS) is 19.9. The van der Waals surface area contributed by atoms with Crippen LogP contribution in [0.4, 0.5) is 8.78 Å². The van der Waals surface area contributed by atoms with E-state index in [0.29, 0.717) is 38.3 Å². The van der Waals surface area contributed by atoms with Gasteiger partial charge in [0.2, 0.25) is 5.91 Å². The van der Waals surface area contributed by atoms with Gasteiger partial charge in [0.05, 0.1) is 6.04 Å². The maximum absolute atomic E-state index is 13.6. The van der Waals surface area contributed by atoms with Crippen LogP contribution in [-0.4, -0.2) is 78.8 Å². The van der Waals surface area contributed by atoms with E-state index in [2.05, 4.69) is 50.9 Å². The molecule has 43 heavy (non-hydrogen) atoms. The number of likely N-dealkylation sites (tertiary alicyclic amines) is 1. The Morgan fingerprint density at radius 1 is 0.907 bits per heavy atom. The van der Waals surface area contributed by atoms with Gasteiger partial charge in [-0.2, -0.15) is 0 Å². The number of hydrogen-bond donors (Lipinski definition) is 1. The van der Waals surface area contributed by atoms with E-state index in [1.807, 2.05) is 17.0 Å². The van der Waals surface area contributed by atoms with E-state index < -0.39 is 12.3 Å². The van der Waals surface area contributed by atoms with Crippen LogP contribution in [0.1, 0.15) is 24.0 Å². The van der Waals surface area contributed by atoms with Gasteiger partial charge in [0.15, 0.2) is 11.5 Å². The minimum Gasteiger partial charge on any atom is -0.395 e. The Morgan fingerprint density at radius 2 is 1.65 bits per heavy atom. The van der Waals surface area contributed by atoms with E-state index in [1.165, 1.54) is 22.8 Å². The molecule has 228 valence electrons. The second kappa shape index (κ2) is 12.8. The van der Waals surface area contributed by atoms with Crippen LogP contribution >= 0.6 is 11.6 Å². The molecule has 3 aliphatic rings. The highest BCUT2D eigenvalue weighted by molar-refractivity contribution is 6.30. The molecule has 0 radical (unpaired) electrons. The first-order valence-corrected chi connectivity index (χ1v) is 15.3. The minimum atomic E-state index is -3.64. The summed E-state index contributed by atoms with van der Waals surface area (Å²) >= 11 is 6.35. The summed E-state index contributed by atoms with van der Waals surface area (Å²) in [5.74, 6) is 0.290. The number of nitrogens with two attached hydrogens (primary N) is 1. The molecule has 1 atom stereocenters. The fourth-order valence-electron chi connectivity index (χ4n) is 6.41. The van der Waals surface area contributed by atoms with Gasteiger partial charge in [0, 0.05) is 49.9 Å². The zero-order chi connectivity index (χ0) is 30.0. The van der Waals surface area contributed by atoms with E-state index in [0.717, 1.165) is 43.9 Å². The second-order valence-corrected chi connectivity index (χ2v) is 12.1. The van der Waals surface area contributed by atoms with E-state index >= 15 is 0 Å². The van der Waals surface area contributed by atoms with E-state index in [9.17, 15) is 13.6 Å². The van der Waals surface area contributed by atoms with Crippen LogP contribution in [0.2, 0.25) is 5.02 Å². The smallest absolute Gasteiger partial charge is 0.395 e. The lowest BCUT2D eigenvalue weighted by Crippen LogP contribution is -2.55. The van der Waals surface area contributed by atoms with Crippen molar-refractivity contribution < 1.29 is 23.0 Å². The number of amides is 1. The van der Waals surface area contributed by atoms with Crippen LogP contribution in [-0.2, 0) is 17.8 Å². The van der Waals surface area contributed by atoms with Crippen molar-refractivity contribution in [1.82, 2.24) is 14.7 Å². The molecule has 3 heterocycles. The van der Waals surface area contributed by atoms with Crippen molar-refractivity contribution in [3.8, 4) is 22.6 Å². The molecule has 0 aliphatic carbocycles. The molecule has 3 aromatic carbocycles. The number of carbonyl (C=O) groups is 1. The Labute approximate surface area is 256 Å². The number of piperidine rings is 1. The minimum absolute atomic E-state index is 0.00140. The molecular formula is C33H37ClF2N4O3. The number of rotatable bonds is 8. The molecule has 2 saturated heterocycles. The van der Waals surface area contributed by atoms with Gasteiger partial charge in [-0.05, 0) is 73.2 Å². The third-order valence-electron chi connectivity index (χ3n) is 8.86. The molecule has 0 aromatic heterocycles. The van der Waals surface area contributed by atoms with Gasteiger partial charge in [0.25, 0.3) is 0 Å². The first-order chi connectivity index (χ1) is 20.8. The molecule has 2 fully saturated rings. The lowest BCUT2D eigenvalue weighted by molar-refractivity contribution is -0.287. The molecule has 3 aliphatic heterocycles. The number of benzene rings is 3. The SMILES string of the molecule is N[C@@H](C(=O)N1CCN(Cc2cccc3c2OC(F)(F)O3)CC1)C1CCN(CCc2cc(Cl)ccc2-c2ccccc2)CC1. The maximum atomic E-state index is 13.6. The van der Waals surface area contributed by atoms with Gasteiger partial charge in [0.1, 0.15) is 0 Å². The van der Waals surface area contributed by atoms with Crippen molar-refractivity contribution in [3.63, 3.8) is 0 Å². The number of nitrogens with zero attached hydrogens (tertiary/aromatic N) is 3. The molecule has 0 unspecified atom stereocenters. The maximum Gasteiger partial charge on any atom is 0.586 e. The summed E-state index contributed by atoms with van der Waals surface area (Å²) in [5.41, 5.74) is 10.8. The first-order valence-electron chi connectivity index (χ1n) is 15.0. The highest BCUT2D eigenvalue weighted by Gasteiger charge is 2.44. The summed E-state index contributed by atoms with van der Waals surface area (Å²) in [6.45, 7) is 5.56. The number of halogens is 3. The number of hydrogen-bond acceptors (Lipinski definition) is 6. The summed E-state index contributed by atoms with van der Waals surface area (Å²) in [6.07, 6.45) is -0.963. The summed E-state index contributed by atoms with van der Waals surface area (Å²) < 4.78 is 36.4. The molecule has 0 saturated carbocycles. The van der Waals surface area contributed by atoms with Gasteiger partial charge < -0.3 is 25.0 Å². The number of alkyl halides is 2. The summed E-state index contributed by atoms with van der Waals surface area (Å²) in [4.78, 5) is 19.8. The van der Waals surface area contributed by atoms with E-state index in [-0.39, 0.29) is 23.3 Å². The van der Waals surface area contributed by atoms with Crippen molar-refractivity contribution in [1.29, 1.82) is 0 Å². The predicted octanol–water partition coefficient (Wildman–Crippen LogP) is 5.25. The topological polar surface area (TPSA) is 71.3 Å². The average Bonchev–Trinajstić information content (AvgIpc) is 3.35. The van der Waals surface area contributed by atoms with Crippen LogP contribution < -0.4 is 15.2 Å². The van der Waals surface area contributed by atoms with Crippen LogP contribution in [0, 0.1) is 5.92 Å². The number of fused-ring (bicyclic) bond motifs is 1. The number of piperazine rings is 1. The molecule has 3 aromatic rings. The summed E-state index contributed by atoms with van der Waals surface area (Å²) in [6, 6.07) is 20.9. The first kappa shape index (κ1) is 29.8. The van der Waals surface area contributed by atoms with Crippen LogP contribution in [0.5, 0.6) is 11.5 Å². The van der Waals surface area contributed by atoms with Crippen LogP contribution in [0.3, 0.4) is 0 Å². The Bertz CT molecular complexity index is 1430. The Morgan fingerprint density at radius 3 is 2.40 bits per heavy atom. The third kappa shape index (κ3) is 6.96. The molecule has 0 bridgehead atoms. The van der Waals surface area contributed by atoms with Crippen molar-refractivity contribution in [2.45, 2.75) is 38.1 Å². The lowest BCUT2D eigenvalue weighted by atomic mass is 9.88. The van der Waals surface area contributed by atoms with Crippen molar-refractivity contribution in [2.24, 2.45) is 11.7 Å². The van der Waals surface area contributed by atoms with Crippen LogP contribution in [0.15, 0.2) is 66.7 Å². The van der Waals surface area contributed by atoms with E-state index in [4.69, 9.17) is 22.1 Å². The Kier molecular flexibility index (Phi) is 8.86. The van der Waals surface area contributed by atoms with Gasteiger partial charge in [-0.3, -0.25) is 9.69 Å². The van der Waals surface area contributed by atoms with Crippen molar-refractivity contribution in [3.05, 3.63) is 82.9 Å². The molecule has 1 amide bonds. The largest absolute Gasteiger partial charge is 0.586 e. The third-order valence-corrected chi connectivity index (χ3v) is 9.10. The fourth-order valence-corrected chi connectivity index (χ4v) is 6.61. The summed E-state index contributed by atoms with van der Waals surface area (Å²) in [5, 5.41) is 0.746. The zero-order valence-corrected chi connectivity index (χ0v) is 24.8. The molecule has 6 rings (SSSR count). The standard InChI is InChI=1S/C33H37ClF2N4O3/c34-27-9-10-28(23-5-2-1-3-6-23)25(21-27)13-16-38-14-11-24(12-15-38)30(37)32(41)40-19-17-39(18-20-40)22-26-7-4-8-29-31(26)43-33(35,36)42-29/h1-10,21,24,30H,11-20,22,37H2/t30-/m1/s1. The molecule has 7 nitrogen and oxygen atoms in total. The van der Waals surface area contributed by atoms with Crippen molar-refractivity contribution in [2.75, 3.05) is 45.8 Å². The van der Waals surface area contributed by atoms with Gasteiger partial charge in [-0.25, -0.2) is 0 Å². The van der Waals surface area contributed by atoms with Gasteiger partial charge in [-0.1, -0.05) is 60.1 Å². The molecule has 0 spiro atoms. The monoisotopic (exact) mass is 610 g/mol. The van der Waals surface area contributed by atoms with Crippen molar-refractivity contribution >= 4 is 17.5 Å². The Hall–Kier alpha value is -3.24. The number of carbonyl (C=O) groups excluding carboxylic acids is 1. The Balaban J connectivity index is 0.963. The molecule has 2 N–H and O–H groups in total. The number of ether oxygens (including phenoxy) is 2. The highest BCUT2D eigenvalue weighted by Crippen LogP contribution is 2.43. The summed E-state index contributed by atoms with van der Waals surface area (Å²) in [7, 11) is 0. The lowest BCUT2D eigenvalue weighted by Gasteiger charge is -2.39. The highest BCUT2D eigenvalue weighted by atomic mass is 35.5. The fraction of sp³-hybridized carbons (Fsp3) is 0.424. The van der Waals surface area contributed by atoms with Gasteiger partial charge in [-0.15, -0.1) is 8.78 Å².